The highest BCUT2D eigenvalue weighted by atomic mass is 16.5. The number of esters is 1. The number of pyridine rings is 1. The Morgan fingerprint density at radius 3 is 2.56 bits per heavy atom. The number of carbonyl (C=O) groups excluding carboxylic acids is 1. The molecule has 1 heterocycles. The first kappa shape index (κ1) is 13.1. The molecule has 1 aromatic rings. The normalized spacial score (nSPS) is 15.1. The number of rotatable bonds is 1. The quantitative estimate of drug-likeness (QED) is 0.716. The lowest BCUT2D eigenvalue weighted by Crippen LogP contribution is -2.22. The zero-order chi connectivity index (χ0) is 13.3. The Labute approximate surface area is 109 Å². The summed E-state index contributed by atoms with van der Waals surface area (Å²) >= 11 is 0. The fraction of sp³-hybridized carbons (Fsp3) is 0.600. The van der Waals surface area contributed by atoms with E-state index in [0.717, 1.165) is 18.5 Å². The fourth-order valence-corrected chi connectivity index (χ4v) is 2.47. The lowest BCUT2D eigenvalue weighted by atomic mass is 9.85. The molecular weight excluding hydrogens is 226 g/mol. The molecule has 3 nitrogen and oxygen atoms in total. The van der Waals surface area contributed by atoms with Gasteiger partial charge in [0, 0.05) is 11.1 Å². The third-order valence-corrected chi connectivity index (χ3v) is 3.42. The topological polar surface area (TPSA) is 39.2 Å². The second-order valence-electron chi connectivity index (χ2n) is 5.94. The highest BCUT2D eigenvalue weighted by molar-refractivity contribution is 5.91. The summed E-state index contributed by atoms with van der Waals surface area (Å²) in [5, 5.41) is 0. The molecule has 1 aliphatic rings. The summed E-state index contributed by atoms with van der Waals surface area (Å²) in [6.07, 6.45) is 4.43. The molecule has 3 heteroatoms. The van der Waals surface area contributed by atoms with E-state index in [4.69, 9.17) is 9.72 Å². The minimum atomic E-state index is -0.277. The van der Waals surface area contributed by atoms with Gasteiger partial charge in [-0.25, -0.2) is 4.79 Å². The summed E-state index contributed by atoms with van der Waals surface area (Å²) < 4.78 is 4.88. The maximum Gasteiger partial charge on any atom is 0.339 e. The molecule has 0 amide bonds. The van der Waals surface area contributed by atoms with Crippen LogP contribution in [0.25, 0.3) is 0 Å². The Morgan fingerprint density at radius 1 is 1.28 bits per heavy atom. The van der Waals surface area contributed by atoms with Gasteiger partial charge in [-0.1, -0.05) is 20.8 Å². The van der Waals surface area contributed by atoms with Crippen LogP contribution >= 0.6 is 0 Å². The molecule has 2 rings (SSSR count). The van der Waals surface area contributed by atoms with Crippen molar-refractivity contribution in [2.45, 2.75) is 51.9 Å². The molecule has 0 radical (unpaired) electrons. The molecule has 1 aromatic heterocycles. The van der Waals surface area contributed by atoms with Crippen LogP contribution in [-0.4, -0.2) is 18.1 Å². The predicted octanol–water partition coefficient (Wildman–Crippen LogP) is 3.04. The lowest BCUT2D eigenvalue weighted by molar-refractivity contribution is 0.0597. The number of aryl methyl sites for hydroxylation is 2. The largest absolute Gasteiger partial charge is 0.465 e. The average Bonchev–Trinajstić information content (AvgIpc) is 2.35. The number of nitrogens with zero attached hydrogens (tertiary/aromatic N) is 1. The molecule has 0 aliphatic heterocycles. The molecule has 0 atom stereocenters. The van der Waals surface area contributed by atoms with E-state index in [9.17, 15) is 4.79 Å². The van der Waals surface area contributed by atoms with Crippen molar-refractivity contribution in [2.24, 2.45) is 0 Å². The monoisotopic (exact) mass is 247 g/mol. The van der Waals surface area contributed by atoms with Gasteiger partial charge < -0.3 is 4.74 Å². The summed E-state index contributed by atoms with van der Waals surface area (Å²) in [5.74, 6) is -0.277. The van der Waals surface area contributed by atoms with Crippen molar-refractivity contribution in [1.29, 1.82) is 0 Å². The molecule has 0 spiro atoms. The lowest BCUT2D eigenvalue weighted by Gasteiger charge is -2.24. The molecule has 98 valence electrons. The third-order valence-electron chi connectivity index (χ3n) is 3.42. The van der Waals surface area contributed by atoms with Gasteiger partial charge in [-0.2, -0.15) is 0 Å². The van der Waals surface area contributed by atoms with Crippen LogP contribution in [0, 0.1) is 0 Å². The molecule has 0 N–H and O–H groups in total. The minimum Gasteiger partial charge on any atom is -0.465 e. The molecule has 0 saturated carbocycles. The molecule has 0 saturated heterocycles. The predicted molar refractivity (Wildman–Crippen MR) is 70.9 cm³/mol. The van der Waals surface area contributed by atoms with Crippen molar-refractivity contribution in [3.8, 4) is 0 Å². The Kier molecular flexibility index (Phi) is 3.42. The first-order valence-corrected chi connectivity index (χ1v) is 6.55. The standard InChI is InChI=1S/C15H21NO2/c1-15(2,3)13-11(14(17)18-4)9-10-7-5-6-8-12(10)16-13/h9H,5-8H2,1-4H3. The highest BCUT2D eigenvalue weighted by Crippen LogP contribution is 2.29. The number of hydrogen-bond acceptors (Lipinski definition) is 3. The Hall–Kier alpha value is -1.38. The van der Waals surface area contributed by atoms with Crippen LogP contribution in [0.4, 0.5) is 0 Å². The SMILES string of the molecule is COC(=O)c1cc2c(nc1C(C)(C)C)CCCC2. The molecule has 0 bridgehead atoms. The summed E-state index contributed by atoms with van der Waals surface area (Å²) in [6.45, 7) is 6.24. The van der Waals surface area contributed by atoms with E-state index in [1.807, 2.05) is 6.07 Å². The van der Waals surface area contributed by atoms with Crippen molar-refractivity contribution in [3.63, 3.8) is 0 Å². The van der Waals surface area contributed by atoms with Gasteiger partial charge in [0.05, 0.1) is 18.4 Å². The number of methoxy groups -OCH3 is 1. The van der Waals surface area contributed by atoms with E-state index < -0.39 is 0 Å². The fourth-order valence-electron chi connectivity index (χ4n) is 2.47. The van der Waals surface area contributed by atoms with Crippen LogP contribution in [0.5, 0.6) is 0 Å². The molecule has 0 fully saturated rings. The maximum absolute atomic E-state index is 11.9. The number of aromatic nitrogens is 1. The van der Waals surface area contributed by atoms with Crippen LogP contribution in [0.3, 0.4) is 0 Å². The van der Waals surface area contributed by atoms with Gasteiger partial charge in [-0.15, -0.1) is 0 Å². The summed E-state index contributed by atoms with van der Waals surface area (Å²) in [6, 6.07) is 1.99. The van der Waals surface area contributed by atoms with Gasteiger partial charge in [0.2, 0.25) is 0 Å². The van der Waals surface area contributed by atoms with Gasteiger partial charge in [-0.3, -0.25) is 4.98 Å². The van der Waals surface area contributed by atoms with Crippen molar-refractivity contribution in [3.05, 3.63) is 28.6 Å². The molecule has 18 heavy (non-hydrogen) atoms. The third kappa shape index (κ3) is 2.40. The molecule has 1 aliphatic carbocycles. The van der Waals surface area contributed by atoms with E-state index in [-0.39, 0.29) is 11.4 Å². The number of ether oxygens (including phenoxy) is 1. The van der Waals surface area contributed by atoms with E-state index in [0.29, 0.717) is 5.56 Å². The smallest absolute Gasteiger partial charge is 0.339 e. The van der Waals surface area contributed by atoms with E-state index >= 15 is 0 Å². The first-order valence-electron chi connectivity index (χ1n) is 6.55. The molecule has 0 aromatic carbocycles. The van der Waals surface area contributed by atoms with Crippen LogP contribution in [0.2, 0.25) is 0 Å². The van der Waals surface area contributed by atoms with Crippen molar-refractivity contribution in [2.75, 3.05) is 7.11 Å². The Balaban J connectivity index is 2.58. The van der Waals surface area contributed by atoms with E-state index in [1.54, 1.807) is 0 Å². The second-order valence-corrected chi connectivity index (χ2v) is 5.94. The van der Waals surface area contributed by atoms with Gasteiger partial charge in [0.1, 0.15) is 0 Å². The van der Waals surface area contributed by atoms with Gasteiger partial charge >= 0.3 is 5.97 Å². The van der Waals surface area contributed by atoms with Crippen LogP contribution in [-0.2, 0) is 23.0 Å². The summed E-state index contributed by atoms with van der Waals surface area (Å²) in [4.78, 5) is 16.7. The number of fused-ring (bicyclic) bond motifs is 1. The molecule has 0 unspecified atom stereocenters. The van der Waals surface area contributed by atoms with E-state index in [2.05, 4.69) is 20.8 Å². The van der Waals surface area contributed by atoms with Crippen LogP contribution in [0.15, 0.2) is 6.07 Å². The number of hydrogen-bond donors (Lipinski definition) is 0. The van der Waals surface area contributed by atoms with Crippen LogP contribution in [0.1, 0.15) is 60.9 Å². The first-order chi connectivity index (χ1) is 8.43. The van der Waals surface area contributed by atoms with Gasteiger partial charge in [0.15, 0.2) is 0 Å². The van der Waals surface area contributed by atoms with Crippen molar-refractivity contribution >= 4 is 5.97 Å². The number of carbonyl (C=O) groups is 1. The van der Waals surface area contributed by atoms with Crippen molar-refractivity contribution in [1.82, 2.24) is 4.98 Å². The van der Waals surface area contributed by atoms with Crippen molar-refractivity contribution < 1.29 is 9.53 Å². The second kappa shape index (κ2) is 4.71. The zero-order valence-corrected chi connectivity index (χ0v) is 11.7. The Morgan fingerprint density at radius 2 is 1.94 bits per heavy atom. The van der Waals surface area contributed by atoms with Gasteiger partial charge in [-0.05, 0) is 37.3 Å². The average molecular weight is 247 g/mol. The zero-order valence-electron chi connectivity index (χ0n) is 11.7. The highest BCUT2D eigenvalue weighted by Gasteiger charge is 2.26. The minimum absolute atomic E-state index is 0.143. The van der Waals surface area contributed by atoms with Crippen LogP contribution < -0.4 is 0 Å². The van der Waals surface area contributed by atoms with Gasteiger partial charge in [0.25, 0.3) is 0 Å². The molecular formula is C15H21NO2. The van der Waals surface area contributed by atoms with E-state index in [1.165, 1.54) is 31.2 Å². The Bertz CT molecular complexity index is 472. The summed E-state index contributed by atoms with van der Waals surface area (Å²) in [7, 11) is 1.42. The summed E-state index contributed by atoms with van der Waals surface area (Å²) in [5.41, 5.74) is 3.73. The maximum atomic E-state index is 11.9.